The number of non-ortho nitro benzene ring substituents is 1. The Morgan fingerprint density at radius 2 is 1.73 bits per heavy atom. The van der Waals surface area contributed by atoms with Crippen LogP contribution in [-0.4, -0.2) is 20.6 Å². The molecule has 0 aliphatic carbocycles. The SMILES string of the molecule is Cc1cc(C)cc(Oc2cc(NC(=O)Cn3nc(C)c(Cl)c3C)cc([N+](=O)[O-])c2)c1. The van der Waals surface area contributed by atoms with Crippen molar-refractivity contribution >= 4 is 28.9 Å². The van der Waals surface area contributed by atoms with Gasteiger partial charge in [-0.2, -0.15) is 5.10 Å². The zero-order chi connectivity index (χ0) is 22.0. The average Bonchev–Trinajstić information content (AvgIpc) is 2.87. The van der Waals surface area contributed by atoms with Gasteiger partial charge in [0.05, 0.1) is 33.1 Å². The number of aryl methyl sites for hydroxylation is 3. The molecule has 1 N–H and O–H groups in total. The zero-order valence-electron chi connectivity index (χ0n) is 17.0. The number of nitrogens with zero attached hydrogens (tertiary/aromatic N) is 3. The molecule has 30 heavy (non-hydrogen) atoms. The van der Waals surface area contributed by atoms with E-state index in [0.717, 1.165) is 11.1 Å². The van der Waals surface area contributed by atoms with Crippen LogP contribution in [0.15, 0.2) is 36.4 Å². The highest BCUT2D eigenvalue weighted by Crippen LogP contribution is 2.30. The minimum absolute atomic E-state index is 0.0741. The summed E-state index contributed by atoms with van der Waals surface area (Å²) in [5, 5.41) is 18.7. The highest BCUT2D eigenvalue weighted by molar-refractivity contribution is 6.31. The Labute approximate surface area is 178 Å². The summed E-state index contributed by atoms with van der Waals surface area (Å²) in [4.78, 5) is 23.3. The normalized spacial score (nSPS) is 10.7. The van der Waals surface area contributed by atoms with Crippen molar-refractivity contribution in [2.24, 2.45) is 0 Å². The van der Waals surface area contributed by atoms with Crippen LogP contribution in [0.2, 0.25) is 5.02 Å². The predicted molar refractivity (Wildman–Crippen MR) is 114 cm³/mol. The first-order valence-corrected chi connectivity index (χ1v) is 9.55. The molecular weight excluding hydrogens is 408 g/mol. The zero-order valence-corrected chi connectivity index (χ0v) is 17.8. The second-order valence-corrected chi connectivity index (χ2v) is 7.47. The van der Waals surface area contributed by atoms with Crippen molar-refractivity contribution in [2.45, 2.75) is 34.2 Å². The smallest absolute Gasteiger partial charge is 0.275 e. The molecule has 0 saturated heterocycles. The maximum atomic E-state index is 12.5. The molecule has 1 aromatic heterocycles. The molecule has 2 aromatic carbocycles. The van der Waals surface area contributed by atoms with Crippen LogP contribution in [-0.2, 0) is 11.3 Å². The third kappa shape index (κ3) is 4.96. The lowest BCUT2D eigenvalue weighted by atomic mass is 10.1. The van der Waals surface area contributed by atoms with Crippen molar-refractivity contribution in [3.8, 4) is 11.5 Å². The monoisotopic (exact) mass is 428 g/mol. The van der Waals surface area contributed by atoms with Gasteiger partial charge in [-0.25, -0.2) is 0 Å². The second kappa shape index (κ2) is 8.54. The summed E-state index contributed by atoms with van der Waals surface area (Å²) in [6.07, 6.45) is 0. The Morgan fingerprint density at radius 3 is 2.30 bits per heavy atom. The quantitative estimate of drug-likeness (QED) is 0.434. The summed E-state index contributed by atoms with van der Waals surface area (Å²) in [5.74, 6) is 0.413. The van der Waals surface area contributed by atoms with Gasteiger partial charge in [-0.05, 0) is 51.0 Å². The molecule has 8 nitrogen and oxygen atoms in total. The van der Waals surface area contributed by atoms with Crippen LogP contribution in [0.4, 0.5) is 11.4 Å². The largest absolute Gasteiger partial charge is 0.457 e. The molecule has 1 heterocycles. The first-order chi connectivity index (χ1) is 14.1. The molecule has 3 rings (SSSR count). The number of ether oxygens (including phenoxy) is 1. The van der Waals surface area contributed by atoms with Crippen molar-refractivity contribution in [1.29, 1.82) is 0 Å². The van der Waals surface area contributed by atoms with Gasteiger partial charge in [-0.3, -0.25) is 19.6 Å². The molecule has 0 fully saturated rings. The van der Waals surface area contributed by atoms with E-state index in [2.05, 4.69) is 10.4 Å². The molecule has 0 aliphatic rings. The summed E-state index contributed by atoms with van der Waals surface area (Å²) in [5.41, 5.74) is 3.37. The number of hydrogen-bond donors (Lipinski definition) is 1. The molecule has 0 aliphatic heterocycles. The van der Waals surface area contributed by atoms with Crippen molar-refractivity contribution in [1.82, 2.24) is 9.78 Å². The summed E-state index contributed by atoms with van der Waals surface area (Å²) >= 11 is 6.11. The highest BCUT2D eigenvalue weighted by Gasteiger charge is 2.16. The number of halogens is 1. The van der Waals surface area contributed by atoms with Crippen molar-refractivity contribution < 1.29 is 14.5 Å². The number of nitro groups is 1. The van der Waals surface area contributed by atoms with Gasteiger partial charge >= 0.3 is 0 Å². The number of benzene rings is 2. The minimum Gasteiger partial charge on any atom is -0.457 e. The predicted octanol–water partition coefficient (Wildman–Crippen LogP) is 5.11. The standard InChI is InChI=1S/C21H21ClN4O4/c1-12-5-13(2)7-18(6-12)30-19-9-16(8-17(10-19)26(28)29)23-20(27)11-25-15(4)21(22)14(3)24-25/h5-10H,11H2,1-4H3,(H,23,27). The van der Waals surface area contributed by atoms with E-state index in [1.165, 1.54) is 22.9 Å². The van der Waals surface area contributed by atoms with Crippen molar-refractivity contribution in [3.63, 3.8) is 0 Å². The van der Waals surface area contributed by atoms with Gasteiger partial charge in [0.25, 0.3) is 5.69 Å². The van der Waals surface area contributed by atoms with Gasteiger partial charge in [0.15, 0.2) is 0 Å². The van der Waals surface area contributed by atoms with E-state index in [4.69, 9.17) is 16.3 Å². The molecule has 0 saturated carbocycles. The van der Waals surface area contributed by atoms with Crippen LogP contribution in [0.1, 0.15) is 22.5 Å². The van der Waals surface area contributed by atoms with E-state index >= 15 is 0 Å². The molecule has 0 bridgehead atoms. The average molecular weight is 429 g/mol. The first-order valence-electron chi connectivity index (χ1n) is 9.17. The Morgan fingerprint density at radius 1 is 1.10 bits per heavy atom. The van der Waals surface area contributed by atoms with E-state index < -0.39 is 10.8 Å². The molecule has 3 aromatic rings. The topological polar surface area (TPSA) is 99.3 Å². The Hall–Kier alpha value is -3.39. The van der Waals surface area contributed by atoms with Crippen LogP contribution in [0.25, 0.3) is 0 Å². The van der Waals surface area contributed by atoms with Crippen LogP contribution < -0.4 is 10.1 Å². The van der Waals surface area contributed by atoms with Gasteiger partial charge in [-0.15, -0.1) is 0 Å². The minimum atomic E-state index is -0.537. The maximum absolute atomic E-state index is 12.5. The lowest BCUT2D eigenvalue weighted by Gasteiger charge is -2.11. The van der Waals surface area contributed by atoms with Gasteiger partial charge in [0, 0.05) is 12.1 Å². The molecule has 0 unspecified atom stereocenters. The lowest BCUT2D eigenvalue weighted by Crippen LogP contribution is -2.20. The molecule has 0 atom stereocenters. The fourth-order valence-electron chi connectivity index (χ4n) is 3.11. The number of hydrogen-bond acceptors (Lipinski definition) is 5. The molecule has 156 valence electrons. The van der Waals surface area contributed by atoms with Crippen molar-refractivity contribution in [2.75, 3.05) is 5.32 Å². The molecule has 0 radical (unpaired) electrons. The molecule has 1 amide bonds. The van der Waals surface area contributed by atoms with Gasteiger partial charge in [0.1, 0.15) is 18.0 Å². The Bertz CT molecular complexity index is 1120. The van der Waals surface area contributed by atoms with Crippen LogP contribution >= 0.6 is 11.6 Å². The number of anilines is 1. The Balaban J connectivity index is 1.84. The summed E-state index contributed by atoms with van der Waals surface area (Å²) in [6, 6.07) is 9.79. The molecular formula is C21H21ClN4O4. The van der Waals surface area contributed by atoms with Crippen LogP contribution in [0.3, 0.4) is 0 Å². The van der Waals surface area contributed by atoms with E-state index in [-0.39, 0.29) is 23.7 Å². The number of nitrogens with one attached hydrogen (secondary N) is 1. The van der Waals surface area contributed by atoms with E-state index in [1.54, 1.807) is 13.8 Å². The van der Waals surface area contributed by atoms with Gasteiger partial charge < -0.3 is 10.1 Å². The third-order valence-corrected chi connectivity index (χ3v) is 4.95. The molecule has 0 spiro atoms. The number of rotatable bonds is 6. The number of carbonyl (C=O) groups excluding carboxylic acids is 1. The lowest BCUT2D eigenvalue weighted by molar-refractivity contribution is -0.384. The number of aromatic nitrogens is 2. The van der Waals surface area contributed by atoms with E-state index in [0.29, 0.717) is 22.2 Å². The summed E-state index contributed by atoms with van der Waals surface area (Å²) in [6.45, 7) is 7.31. The van der Waals surface area contributed by atoms with Gasteiger partial charge in [0.2, 0.25) is 5.91 Å². The molecule has 9 heteroatoms. The number of nitro benzene ring substituents is 1. The Kier molecular flexibility index (Phi) is 6.07. The fourth-order valence-corrected chi connectivity index (χ4v) is 3.25. The number of amides is 1. The van der Waals surface area contributed by atoms with E-state index in [9.17, 15) is 14.9 Å². The van der Waals surface area contributed by atoms with E-state index in [1.807, 2.05) is 32.0 Å². The third-order valence-electron chi connectivity index (χ3n) is 4.40. The van der Waals surface area contributed by atoms with Crippen LogP contribution in [0.5, 0.6) is 11.5 Å². The summed E-state index contributed by atoms with van der Waals surface area (Å²) < 4.78 is 7.30. The number of carbonyl (C=O) groups is 1. The van der Waals surface area contributed by atoms with Crippen molar-refractivity contribution in [3.05, 3.63) is 74.0 Å². The van der Waals surface area contributed by atoms with Gasteiger partial charge in [-0.1, -0.05) is 17.7 Å². The first kappa shape index (κ1) is 21.3. The van der Waals surface area contributed by atoms with Crippen LogP contribution in [0, 0.1) is 37.8 Å². The maximum Gasteiger partial charge on any atom is 0.275 e. The fraction of sp³-hybridized carbons (Fsp3) is 0.238. The summed E-state index contributed by atoms with van der Waals surface area (Å²) in [7, 11) is 0. The second-order valence-electron chi connectivity index (χ2n) is 7.09. The highest BCUT2D eigenvalue weighted by atomic mass is 35.5.